The minimum absolute atomic E-state index is 0.285. The van der Waals surface area contributed by atoms with Crippen LogP contribution in [0, 0.1) is 10.8 Å². The molecule has 0 bridgehead atoms. The molecule has 0 radical (unpaired) electrons. The van der Waals surface area contributed by atoms with Crippen molar-refractivity contribution in [3.8, 4) is 0 Å². The molecule has 0 aromatic heterocycles. The number of carbonyl (C=O) groups is 6. The van der Waals surface area contributed by atoms with Gasteiger partial charge in [0.15, 0.2) is 0 Å². The molecule has 4 atom stereocenters. The van der Waals surface area contributed by atoms with Crippen molar-refractivity contribution in [2.24, 2.45) is 10.8 Å². The lowest BCUT2D eigenvalue weighted by Crippen LogP contribution is -2.57. The van der Waals surface area contributed by atoms with Gasteiger partial charge >= 0.3 is 12.2 Å². The molecule has 2 aliphatic rings. The van der Waals surface area contributed by atoms with Crippen LogP contribution < -0.4 is 21.3 Å². The molecule has 6 amide bonds. The summed E-state index contributed by atoms with van der Waals surface area (Å²) in [5.74, 6) is -1.21. The summed E-state index contributed by atoms with van der Waals surface area (Å²) in [6.45, 7) is 14.3. The highest BCUT2D eigenvalue weighted by Crippen LogP contribution is 2.28. The first-order valence-corrected chi connectivity index (χ1v) is 20.2. The Bertz CT molecular complexity index is 1650. The quantitative estimate of drug-likeness (QED) is 0.196. The minimum atomic E-state index is -0.860. The molecule has 0 aliphatic carbocycles. The van der Waals surface area contributed by atoms with Gasteiger partial charge in [-0.15, -0.1) is 0 Å². The van der Waals surface area contributed by atoms with Gasteiger partial charge < -0.3 is 45.3 Å². The maximum Gasteiger partial charge on any atom is 0.407 e. The highest BCUT2D eigenvalue weighted by Gasteiger charge is 2.43. The van der Waals surface area contributed by atoms with E-state index in [9.17, 15) is 28.8 Å². The first-order valence-electron chi connectivity index (χ1n) is 20.2. The average Bonchev–Trinajstić information content (AvgIpc) is 3.89. The number of methoxy groups -OCH3 is 3. The number of rotatable bonds is 15. The van der Waals surface area contributed by atoms with E-state index in [0.29, 0.717) is 76.4 Å². The molecule has 4 N–H and O–H groups in total. The lowest BCUT2D eigenvalue weighted by Gasteiger charge is -2.35. The molecule has 59 heavy (non-hydrogen) atoms. The molecule has 16 nitrogen and oxygen atoms in total. The Morgan fingerprint density at radius 3 is 1.34 bits per heavy atom. The lowest BCUT2D eigenvalue weighted by atomic mass is 9.85. The highest BCUT2D eigenvalue weighted by atomic mass is 16.5. The molecule has 2 aromatic rings. The van der Waals surface area contributed by atoms with E-state index >= 15 is 0 Å². The van der Waals surface area contributed by atoms with Crippen LogP contribution in [0.15, 0.2) is 48.5 Å². The van der Waals surface area contributed by atoms with Crippen molar-refractivity contribution in [1.29, 1.82) is 0 Å². The SMILES string of the molecule is COCCN(Cc1ccc(NC(=O)[C@@H]2CCCN2C(=O)[C@@H](NC(=O)OC)C(C)(C)C)cc1)Cc1ccc(NC(=O)[C@@H]2CCCN2C(=O)[C@@H](NC(=O)OC)C(C)(C)C)cc1. The van der Waals surface area contributed by atoms with Crippen LogP contribution in [-0.2, 0) is 46.5 Å². The van der Waals surface area contributed by atoms with E-state index in [1.165, 1.54) is 14.2 Å². The van der Waals surface area contributed by atoms with Gasteiger partial charge in [0.05, 0.1) is 20.8 Å². The van der Waals surface area contributed by atoms with Gasteiger partial charge in [-0.25, -0.2) is 9.59 Å². The predicted octanol–water partition coefficient (Wildman–Crippen LogP) is 4.74. The smallest absolute Gasteiger partial charge is 0.407 e. The number of anilines is 2. The van der Waals surface area contributed by atoms with Crippen molar-refractivity contribution >= 4 is 47.2 Å². The largest absolute Gasteiger partial charge is 0.453 e. The van der Waals surface area contributed by atoms with Gasteiger partial charge in [-0.3, -0.25) is 24.1 Å². The third kappa shape index (κ3) is 12.9. The zero-order valence-corrected chi connectivity index (χ0v) is 36.0. The van der Waals surface area contributed by atoms with Crippen LogP contribution in [0.25, 0.3) is 0 Å². The lowest BCUT2D eigenvalue weighted by molar-refractivity contribution is -0.140. The van der Waals surface area contributed by atoms with Gasteiger partial charge in [0.1, 0.15) is 24.2 Å². The Morgan fingerprint density at radius 1 is 0.644 bits per heavy atom. The second kappa shape index (κ2) is 20.7. The Kier molecular flexibility index (Phi) is 16.3. The number of benzene rings is 2. The zero-order chi connectivity index (χ0) is 43.5. The third-order valence-electron chi connectivity index (χ3n) is 10.7. The van der Waals surface area contributed by atoms with Crippen LogP contribution in [0.5, 0.6) is 0 Å². The number of carbonyl (C=O) groups excluding carboxylic acids is 6. The van der Waals surface area contributed by atoms with Crippen molar-refractivity contribution in [3.05, 3.63) is 59.7 Å². The Labute approximate surface area is 348 Å². The number of nitrogens with one attached hydrogen (secondary N) is 4. The first-order chi connectivity index (χ1) is 27.9. The number of ether oxygens (including phenoxy) is 3. The van der Waals surface area contributed by atoms with Gasteiger partial charge in [0, 0.05) is 51.2 Å². The van der Waals surface area contributed by atoms with Gasteiger partial charge in [-0.05, 0) is 71.9 Å². The molecule has 2 aromatic carbocycles. The Hall–Kier alpha value is -5.22. The minimum Gasteiger partial charge on any atom is -0.453 e. The molecule has 0 saturated carbocycles. The summed E-state index contributed by atoms with van der Waals surface area (Å²) in [6.07, 6.45) is 0.968. The van der Waals surface area contributed by atoms with Crippen LogP contribution in [0.2, 0.25) is 0 Å². The van der Waals surface area contributed by atoms with Gasteiger partial charge in [0.2, 0.25) is 23.6 Å². The van der Waals surface area contributed by atoms with Gasteiger partial charge in [-0.1, -0.05) is 65.8 Å². The van der Waals surface area contributed by atoms with E-state index < -0.39 is 47.2 Å². The van der Waals surface area contributed by atoms with Crippen LogP contribution in [0.1, 0.15) is 78.4 Å². The number of amides is 6. The molecule has 2 fully saturated rings. The summed E-state index contributed by atoms with van der Waals surface area (Å²) in [4.78, 5) is 83.5. The zero-order valence-electron chi connectivity index (χ0n) is 36.0. The maximum absolute atomic E-state index is 13.6. The molecular formula is C43H63N7O9. The second-order valence-corrected chi connectivity index (χ2v) is 17.3. The van der Waals surface area contributed by atoms with Crippen LogP contribution in [-0.4, -0.2) is 122 Å². The van der Waals surface area contributed by atoms with Crippen molar-refractivity contribution in [2.75, 3.05) is 58.2 Å². The number of likely N-dealkylation sites (tertiary alicyclic amines) is 2. The fourth-order valence-corrected chi connectivity index (χ4v) is 7.38. The van der Waals surface area contributed by atoms with Crippen molar-refractivity contribution in [1.82, 2.24) is 25.3 Å². The Morgan fingerprint density at radius 2 is 1.02 bits per heavy atom. The molecule has 0 spiro atoms. The van der Waals surface area contributed by atoms with Crippen molar-refractivity contribution in [3.63, 3.8) is 0 Å². The molecule has 16 heteroatoms. The Balaban J connectivity index is 1.35. The molecular weight excluding hydrogens is 759 g/mol. The molecule has 324 valence electrons. The summed E-state index contributed by atoms with van der Waals surface area (Å²) in [7, 11) is 4.14. The van der Waals surface area contributed by atoms with E-state index in [-0.39, 0.29) is 23.6 Å². The monoisotopic (exact) mass is 821 g/mol. The standard InChI is InChI=1S/C43H63N7O9/c1-42(2,3)34(46-40(55)58-8)38(53)49-22-10-12-32(49)36(51)44-30-18-14-28(15-19-30)26-48(24-25-57-7)27-29-16-20-31(21-17-29)45-37(52)33-13-11-23-50(33)39(54)35(43(4,5)6)47-41(56)59-9/h14-21,32-35H,10-13,22-27H2,1-9H3,(H,44,51)(H,45,52)(H,46,55)(H,47,56)/t32-,33-,34+,35+/m0/s1. The van der Waals surface area contributed by atoms with Crippen molar-refractivity contribution < 1.29 is 43.0 Å². The summed E-state index contributed by atoms with van der Waals surface area (Å²) >= 11 is 0. The molecule has 0 unspecified atom stereocenters. The molecule has 4 rings (SSSR count). The maximum atomic E-state index is 13.6. The summed E-state index contributed by atoms with van der Waals surface area (Å²) in [5, 5.41) is 11.2. The predicted molar refractivity (Wildman–Crippen MR) is 223 cm³/mol. The van der Waals surface area contributed by atoms with E-state index in [1.807, 2.05) is 90.1 Å². The van der Waals surface area contributed by atoms with Gasteiger partial charge in [0.25, 0.3) is 0 Å². The fourth-order valence-electron chi connectivity index (χ4n) is 7.38. The summed E-state index contributed by atoms with van der Waals surface area (Å²) in [5.41, 5.74) is 2.06. The van der Waals surface area contributed by atoms with Crippen molar-refractivity contribution in [2.45, 2.75) is 104 Å². The molecule has 2 heterocycles. The summed E-state index contributed by atoms with van der Waals surface area (Å²) < 4.78 is 14.9. The summed E-state index contributed by atoms with van der Waals surface area (Å²) in [6, 6.07) is 12.1. The topological polar surface area (TPSA) is 188 Å². The highest BCUT2D eigenvalue weighted by molar-refractivity contribution is 5.99. The normalized spacial score (nSPS) is 17.9. The molecule has 2 aliphatic heterocycles. The number of hydrogen-bond acceptors (Lipinski definition) is 10. The van der Waals surface area contributed by atoms with E-state index in [2.05, 4.69) is 26.2 Å². The number of hydrogen-bond donors (Lipinski definition) is 4. The van der Waals surface area contributed by atoms with E-state index in [4.69, 9.17) is 14.2 Å². The van der Waals surface area contributed by atoms with E-state index in [1.54, 1.807) is 16.9 Å². The molecule has 2 saturated heterocycles. The number of alkyl carbamates (subject to hydrolysis) is 2. The van der Waals surface area contributed by atoms with Crippen LogP contribution >= 0.6 is 0 Å². The fraction of sp³-hybridized carbons (Fsp3) is 0.581. The van der Waals surface area contributed by atoms with Crippen LogP contribution in [0.4, 0.5) is 21.0 Å². The van der Waals surface area contributed by atoms with Crippen LogP contribution in [0.3, 0.4) is 0 Å². The first kappa shape index (κ1) is 46.5. The van der Waals surface area contributed by atoms with Gasteiger partial charge in [-0.2, -0.15) is 0 Å². The average molecular weight is 822 g/mol. The second-order valence-electron chi connectivity index (χ2n) is 17.3. The number of nitrogens with zero attached hydrogens (tertiary/aromatic N) is 3. The third-order valence-corrected chi connectivity index (χ3v) is 10.7. The van der Waals surface area contributed by atoms with E-state index in [0.717, 1.165) is 11.1 Å².